The van der Waals surface area contributed by atoms with Crippen LogP contribution in [0.2, 0.25) is 0 Å². The molecule has 0 amide bonds. The normalized spacial score (nSPS) is 26.1. The second kappa shape index (κ2) is 8.04. The van der Waals surface area contributed by atoms with E-state index < -0.39 is 14.6 Å². The van der Waals surface area contributed by atoms with Crippen molar-refractivity contribution in [3.8, 4) is 0 Å². The van der Waals surface area contributed by atoms with E-state index >= 15 is 0 Å². The Labute approximate surface area is 176 Å². The topological polar surface area (TPSA) is 107 Å². The highest BCUT2D eigenvalue weighted by molar-refractivity contribution is 7.92. The molecule has 0 radical (unpaired) electrons. The predicted molar refractivity (Wildman–Crippen MR) is 116 cm³/mol. The molecular weight excluding hydrogens is 414 g/mol. The number of allylic oxidation sites excluding steroid dienone is 3. The molecule has 2 N–H and O–H groups in total. The Morgan fingerprint density at radius 2 is 2.24 bits per heavy atom. The second-order valence-corrected chi connectivity index (χ2v) is 10.3. The monoisotopic (exact) mass is 439 g/mol. The Hall–Kier alpha value is -1.97. The molecule has 0 aromatic carbocycles. The zero-order valence-corrected chi connectivity index (χ0v) is 18.4. The van der Waals surface area contributed by atoms with Crippen LogP contribution >= 0.6 is 11.6 Å². The molecule has 2 aliphatic heterocycles. The van der Waals surface area contributed by atoms with Gasteiger partial charge in [0, 0.05) is 29.6 Å². The van der Waals surface area contributed by atoms with Crippen molar-refractivity contribution in [3.05, 3.63) is 34.2 Å². The lowest BCUT2D eigenvalue weighted by molar-refractivity contribution is 0.0317. The summed E-state index contributed by atoms with van der Waals surface area (Å²) in [7, 11) is -3.31. The number of hydrogen-bond donors (Lipinski definition) is 2. The van der Waals surface area contributed by atoms with Crippen molar-refractivity contribution >= 4 is 40.0 Å². The second-order valence-electron chi connectivity index (χ2n) is 7.55. The van der Waals surface area contributed by atoms with Crippen LogP contribution in [0.25, 0.3) is 0 Å². The number of sulfone groups is 1. The zero-order valence-electron chi connectivity index (χ0n) is 16.8. The maximum Gasteiger partial charge on any atom is 0.203 e. The van der Waals surface area contributed by atoms with Crippen LogP contribution in [0.4, 0.5) is 0 Å². The van der Waals surface area contributed by atoms with E-state index in [1.54, 1.807) is 13.0 Å². The number of halogens is 1. The minimum absolute atomic E-state index is 0.0612. The molecule has 1 aliphatic carbocycles. The first-order chi connectivity index (χ1) is 13.6. The van der Waals surface area contributed by atoms with Gasteiger partial charge >= 0.3 is 0 Å². The Bertz CT molecular complexity index is 960. The summed E-state index contributed by atoms with van der Waals surface area (Å²) in [6.45, 7) is 8.92. The van der Waals surface area contributed by atoms with Crippen LogP contribution in [0.3, 0.4) is 0 Å². The van der Waals surface area contributed by atoms with Crippen molar-refractivity contribution in [3.63, 3.8) is 0 Å². The van der Waals surface area contributed by atoms with Crippen molar-refractivity contribution < 1.29 is 13.2 Å². The largest absolute Gasteiger partial charge is 0.377 e. The van der Waals surface area contributed by atoms with E-state index in [-0.39, 0.29) is 11.9 Å². The van der Waals surface area contributed by atoms with E-state index in [2.05, 4.69) is 21.9 Å². The van der Waals surface area contributed by atoms with Crippen LogP contribution < -0.4 is 5.32 Å². The van der Waals surface area contributed by atoms with Gasteiger partial charge in [0.1, 0.15) is 10.6 Å². The van der Waals surface area contributed by atoms with Gasteiger partial charge in [-0.15, -0.1) is 0 Å². The summed E-state index contributed by atoms with van der Waals surface area (Å²) < 4.78 is 29.6. The summed E-state index contributed by atoms with van der Waals surface area (Å²) in [6.07, 6.45) is 5.54. The van der Waals surface area contributed by atoms with Gasteiger partial charge in [-0.25, -0.2) is 18.4 Å². The average molecular weight is 440 g/mol. The summed E-state index contributed by atoms with van der Waals surface area (Å²) in [4.78, 5) is 10.3. The molecule has 1 atom stereocenters. The van der Waals surface area contributed by atoms with Crippen molar-refractivity contribution in [1.29, 1.82) is 5.41 Å². The van der Waals surface area contributed by atoms with Crippen LogP contribution in [0, 0.1) is 5.41 Å². The third-order valence-corrected chi connectivity index (χ3v) is 7.91. The number of aliphatic imine (C=N–C) groups is 2. The standard InChI is InChI=1S/C19H26ClN5O3S/c1-12-11-28-8-7-25(12)18-23-15(13(2)14(20)9-17(21)22-3)10-16(24-18)19(5-6-19)29(4,26)27/h9-10,12,21H,3,5-8,11H2,1-2,4H3,(H,23,24)/t12-/m1/s1. The SMILES string of the molecule is C=NC(=N)C=C(Cl)C(C)=C1C=C(C2(S(C)(=O)=O)CC2)NC(N2CCOC[C@H]2C)=N1. The molecule has 1 saturated carbocycles. The number of amidine groups is 1. The van der Waals surface area contributed by atoms with E-state index in [1.165, 1.54) is 12.3 Å². The Morgan fingerprint density at radius 3 is 2.79 bits per heavy atom. The first-order valence-corrected chi connectivity index (χ1v) is 11.6. The number of rotatable bonds is 4. The van der Waals surface area contributed by atoms with Gasteiger partial charge in [-0.05, 0) is 45.1 Å². The number of morpholine rings is 1. The summed E-state index contributed by atoms with van der Waals surface area (Å²) in [5, 5.41) is 11.2. The van der Waals surface area contributed by atoms with Gasteiger partial charge in [0.25, 0.3) is 0 Å². The maximum absolute atomic E-state index is 12.5. The van der Waals surface area contributed by atoms with Gasteiger partial charge in [0.15, 0.2) is 9.84 Å². The fourth-order valence-corrected chi connectivity index (χ4v) is 4.99. The van der Waals surface area contributed by atoms with Gasteiger partial charge in [0.2, 0.25) is 5.96 Å². The van der Waals surface area contributed by atoms with Gasteiger partial charge in [-0.1, -0.05) is 11.6 Å². The van der Waals surface area contributed by atoms with E-state index in [0.717, 1.165) is 0 Å². The Balaban J connectivity index is 2.08. The van der Waals surface area contributed by atoms with Crippen molar-refractivity contribution in [2.24, 2.45) is 9.98 Å². The van der Waals surface area contributed by atoms with Gasteiger partial charge in [0.05, 0.1) is 25.0 Å². The maximum atomic E-state index is 12.5. The van der Waals surface area contributed by atoms with Crippen molar-refractivity contribution in [2.45, 2.75) is 37.5 Å². The summed E-state index contributed by atoms with van der Waals surface area (Å²) in [5.74, 6) is 0.526. The van der Waals surface area contributed by atoms with E-state index in [0.29, 0.717) is 60.6 Å². The highest BCUT2D eigenvalue weighted by atomic mass is 35.5. The molecule has 2 heterocycles. The molecule has 0 spiro atoms. The molecule has 0 aromatic rings. The lowest BCUT2D eigenvalue weighted by atomic mass is 10.1. The fourth-order valence-electron chi connectivity index (χ4n) is 3.43. The third-order valence-electron chi connectivity index (χ3n) is 5.47. The number of hydrogen-bond acceptors (Lipinski definition) is 7. The number of nitrogens with zero attached hydrogens (tertiary/aromatic N) is 3. The van der Waals surface area contributed by atoms with Crippen LogP contribution in [0.1, 0.15) is 26.7 Å². The van der Waals surface area contributed by atoms with Crippen LogP contribution in [0.5, 0.6) is 0 Å². The molecule has 158 valence electrons. The molecule has 0 bridgehead atoms. The number of nitrogens with one attached hydrogen (secondary N) is 2. The molecule has 3 rings (SSSR count). The van der Waals surface area contributed by atoms with E-state index in [9.17, 15) is 8.42 Å². The quantitative estimate of drug-likeness (QED) is 0.515. The molecule has 29 heavy (non-hydrogen) atoms. The Kier molecular flexibility index (Phi) is 6.03. The molecule has 0 aromatic heterocycles. The van der Waals surface area contributed by atoms with Crippen molar-refractivity contribution in [1.82, 2.24) is 10.2 Å². The summed E-state index contributed by atoms with van der Waals surface area (Å²) >= 11 is 6.37. The molecular formula is C19H26ClN5O3S. The summed E-state index contributed by atoms with van der Waals surface area (Å²) in [5.41, 5.74) is 1.79. The average Bonchev–Trinajstić information content (AvgIpc) is 3.49. The zero-order chi connectivity index (χ0) is 21.4. The molecule has 3 aliphatic rings. The van der Waals surface area contributed by atoms with Gasteiger partial charge in [-0.3, -0.25) is 5.41 Å². The predicted octanol–water partition coefficient (Wildman–Crippen LogP) is 2.20. The lowest BCUT2D eigenvalue weighted by Gasteiger charge is -2.38. The van der Waals surface area contributed by atoms with Crippen LogP contribution in [0.15, 0.2) is 44.1 Å². The minimum atomic E-state index is -3.31. The Morgan fingerprint density at radius 1 is 1.55 bits per heavy atom. The van der Waals surface area contributed by atoms with Crippen LogP contribution in [-0.4, -0.2) is 68.6 Å². The minimum Gasteiger partial charge on any atom is -0.377 e. The highest BCUT2D eigenvalue weighted by Gasteiger charge is 2.56. The molecule has 10 heteroatoms. The smallest absolute Gasteiger partial charge is 0.203 e. The van der Waals surface area contributed by atoms with Gasteiger partial charge < -0.3 is 15.0 Å². The number of guanidine groups is 1. The number of ether oxygens (including phenoxy) is 1. The fraction of sp³-hybridized carbons (Fsp3) is 0.526. The third kappa shape index (κ3) is 4.31. The summed E-state index contributed by atoms with van der Waals surface area (Å²) in [6, 6.07) is 0.0912. The highest BCUT2D eigenvalue weighted by Crippen LogP contribution is 2.49. The van der Waals surface area contributed by atoms with E-state index in [1.807, 2.05) is 6.92 Å². The van der Waals surface area contributed by atoms with Crippen LogP contribution in [-0.2, 0) is 14.6 Å². The molecule has 2 fully saturated rings. The molecule has 8 nitrogen and oxygen atoms in total. The molecule has 1 saturated heterocycles. The lowest BCUT2D eigenvalue weighted by Crippen LogP contribution is -2.54. The van der Waals surface area contributed by atoms with E-state index in [4.69, 9.17) is 26.7 Å². The first kappa shape index (κ1) is 21.7. The van der Waals surface area contributed by atoms with Crippen molar-refractivity contribution in [2.75, 3.05) is 26.0 Å². The molecule has 0 unspecified atom stereocenters. The first-order valence-electron chi connectivity index (χ1n) is 9.34. The van der Waals surface area contributed by atoms with Gasteiger partial charge in [-0.2, -0.15) is 0 Å².